The molecule has 0 saturated carbocycles. The molecule has 4 rings (SSSR count). The summed E-state index contributed by atoms with van der Waals surface area (Å²) in [6.45, 7) is 2.40. The summed E-state index contributed by atoms with van der Waals surface area (Å²) < 4.78 is 6.36. The Morgan fingerprint density at radius 1 is 1.38 bits per heavy atom. The summed E-state index contributed by atoms with van der Waals surface area (Å²) in [6, 6.07) is 4.99. The summed E-state index contributed by atoms with van der Waals surface area (Å²) in [7, 11) is 0. The molecule has 122 valence electrons. The molecule has 24 heavy (non-hydrogen) atoms. The van der Waals surface area contributed by atoms with Crippen LogP contribution in [0.15, 0.2) is 33.7 Å². The fraction of sp³-hybridized carbons (Fsp3) is 0.250. The fourth-order valence-electron chi connectivity index (χ4n) is 2.87. The van der Waals surface area contributed by atoms with Crippen molar-refractivity contribution >= 4 is 23.2 Å². The minimum Gasteiger partial charge on any atom is -0.361 e. The van der Waals surface area contributed by atoms with Crippen LogP contribution in [0.2, 0.25) is 5.02 Å². The number of hydrogen-bond acceptors (Lipinski definition) is 5. The van der Waals surface area contributed by atoms with E-state index in [0.29, 0.717) is 35.0 Å². The molecule has 3 aromatic heterocycles. The molecular weight excluding hydrogens is 332 g/mol. The lowest BCUT2D eigenvalue weighted by molar-refractivity contribution is 0.0722. The lowest BCUT2D eigenvalue weighted by Crippen LogP contribution is -2.40. The number of aromatic nitrogens is 3. The number of amides is 1. The molecule has 3 aromatic rings. The van der Waals surface area contributed by atoms with Crippen LogP contribution in [0.25, 0.3) is 5.65 Å². The summed E-state index contributed by atoms with van der Waals surface area (Å²) in [5, 5.41) is 4.20. The molecule has 0 fully saturated rings. The fourth-order valence-corrected chi connectivity index (χ4v) is 3.03. The van der Waals surface area contributed by atoms with Crippen molar-refractivity contribution in [2.24, 2.45) is 0 Å². The van der Waals surface area contributed by atoms with Crippen LogP contribution < -0.4 is 5.56 Å². The second-order valence-corrected chi connectivity index (χ2v) is 6.15. The Hall–Kier alpha value is -2.67. The van der Waals surface area contributed by atoms with E-state index < -0.39 is 0 Å². The van der Waals surface area contributed by atoms with Gasteiger partial charge in [0.2, 0.25) is 0 Å². The second-order valence-electron chi connectivity index (χ2n) is 5.72. The van der Waals surface area contributed by atoms with E-state index in [1.165, 1.54) is 10.6 Å². The van der Waals surface area contributed by atoms with Crippen LogP contribution in [0.1, 0.15) is 27.5 Å². The first kappa shape index (κ1) is 14.9. The molecule has 0 N–H and O–H groups in total. The largest absolute Gasteiger partial charge is 0.361 e. The Bertz CT molecular complexity index is 1020. The third-order valence-electron chi connectivity index (χ3n) is 4.07. The van der Waals surface area contributed by atoms with E-state index in [1.807, 2.05) is 0 Å². The van der Waals surface area contributed by atoms with Gasteiger partial charge in [0.25, 0.3) is 11.5 Å². The van der Waals surface area contributed by atoms with Crippen molar-refractivity contribution in [1.82, 2.24) is 19.4 Å². The maximum atomic E-state index is 12.7. The number of fused-ring (bicyclic) bond motifs is 2. The zero-order valence-electron chi connectivity index (χ0n) is 12.8. The Labute approximate surface area is 141 Å². The van der Waals surface area contributed by atoms with Gasteiger partial charge in [0, 0.05) is 25.2 Å². The molecule has 0 aromatic carbocycles. The number of hydrogen-bond donors (Lipinski definition) is 0. The maximum absolute atomic E-state index is 12.7. The molecule has 0 radical (unpaired) electrons. The zero-order valence-corrected chi connectivity index (χ0v) is 13.6. The average molecular weight is 345 g/mol. The Kier molecular flexibility index (Phi) is 3.38. The molecule has 1 aliphatic rings. The first-order valence-corrected chi connectivity index (χ1v) is 7.83. The first-order chi connectivity index (χ1) is 11.5. The van der Waals surface area contributed by atoms with Crippen molar-refractivity contribution < 1.29 is 9.32 Å². The highest BCUT2D eigenvalue weighted by atomic mass is 35.5. The van der Waals surface area contributed by atoms with Gasteiger partial charge >= 0.3 is 0 Å². The number of pyridine rings is 1. The highest BCUT2D eigenvalue weighted by Crippen LogP contribution is 2.18. The second kappa shape index (κ2) is 5.45. The average Bonchev–Trinajstić information content (AvgIpc) is 3.01. The molecular formula is C16H13ClN4O3. The highest BCUT2D eigenvalue weighted by molar-refractivity contribution is 6.30. The summed E-state index contributed by atoms with van der Waals surface area (Å²) in [4.78, 5) is 31.3. The summed E-state index contributed by atoms with van der Waals surface area (Å²) in [5.41, 5.74) is 1.83. The van der Waals surface area contributed by atoms with Crippen LogP contribution in [0.4, 0.5) is 0 Å². The van der Waals surface area contributed by atoms with Crippen LogP contribution in [0.3, 0.4) is 0 Å². The van der Waals surface area contributed by atoms with Crippen LogP contribution >= 0.6 is 11.6 Å². The molecule has 1 amide bonds. The van der Waals surface area contributed by atoms with E-state index in [2.05, 4.69) is 10.1 Å². The van der Waals surface area contributed by atoms with E-state index >= 15 is 0 Å². The monoisotopic (exact) mass is 344 g/mol. The lowest BCUT2D eigenvalue weighted by atomic mass is 10.1. The number of aryl methyl sites for hydroxylation is 1. The standard InChI is InChI=1S/C16H13ClN4O3/c1-9-6-13(19-24-9)16(23)20-5-4-12-11(8-20)15(22)21-7-10(17)2-3-14(21)18-12/h2-3,6-7H,4-5,8H2,1H3. The van der Waals surface area contributed by atoms with Gasteiger partial charge in [-0.15, -0.1) is 0 Å². The van der Waals surface area contributed by atoms with Crippen LogP contribution in [-0.4, -0.2) is 31.9 Å². The van der Waals surface area contributed by atoms with Gasteiger partial charge in [-0.25, -0.2) is 4.98 Å². The van der Waals surface area contributed by atoms with Gasteiger partial charge in [-0.1, -0.05) is 16.8 Å². The van der Waals surface area contributed by atoms with Gasteiger partial charge in [0.05, 0.1) is 22.8 Å². The van der Waals surface area contributed by atoms with Crippen molar-refractivity contribution in [2.45, 2.75) is 19.9 Å². The Balaban J connectivity index is 1.74. The highest BCUT2D eigenvalue weighted by Gasteiger charge is 2.27. The summed E-state index contributed by atoms with van der Waals surface area (Å²) >= 11 is 5.96. The van der Waals surface area contributed by atoms with E-state index in [4.69, 9.17) is 16.1 Å². The van der Waals surface area contributed by atoms with E-state index in [0.717, 1.165) is 5.69 Å². The van der Waals surface area contributed by atoms with E-state index in [1.54, 1.807) is 30.0 Å². The minimum atomic E-state index is -0.256. The van der Waals surface area contributed by atoms with Gasteiger partial charge in [-0.3, -0.25) is 14.0 Å². The number of nitrogens with zero attached hydrogens (tertiary/aromatic N) is 4. The van der Waals surface area contributed by atoms with Gasteiger partial charge < -0.3 is 9.42 Å². The predicted molar refractivity (Wildman–Crippen MR) is 86.2 cm³/mol. The topological polar surface area (TPSA) is 80.7 Å². The molecule has 0 unspecified atom stereocenters. The molecule has 0 bridgehead atoms. The van der Waals surface area contributed by atoms with Gasteiger partial charge in [0.15, 0.2) is 5.69 Å². The smallest absolute Gasteiger partial charge is 0.276 e. The minimum absolute atomic E-state index is 0.196. The van der Waals surface area contributed by atoms with Gasteiger partial charge in [0.1, 0.15) is 11.4 Å². The molecule has 0 aliphatic carbocycles. The van der Waals surface area contributed by atoms with Gasteiger partial charge in [-0.2, -0.15) is 0 Å². The van der Waals surface area contributed by atoms with Crippen LogP contribution in [-0.2, 0) is 13.0 Å². The van der Waals surface area contributed by atoms with Crippen molar-refractivity contribution in [1.29, 1.82) is 0 Å². The first-order valence-electron chi connectivity index (χ1n) is 7.45. The SMILES string of the molecule is Cc1cc(C(=O)N2CCc3nc4ccc(Cl)cn4c(=O)c3C2)no1. The van der Waals surface area contributed by atoms with Crippen molar-refractivity contribution in [3.8, 4) is 0 Å². The third-order valence-corrected chi connectivity index (χ3v) is 4.29. The molecule has 4 heterocycles. The Morgan fingerprint density at radius 2 is 2.21 bits per heavy atom. The van der Waals surface area contributed by atoms with Crippen LogP contribution in [0, 0.1) is 6.92 Å². The third kappa shape index (κ3) is 2.37. The quantitative estimate of drug-likeness (QED) is 0.673. The Morgan fingerprint density at radius 3 is 2.96 bits per heavy atom. The molecule has 7 nitrogen and oxygen atoms in total. The van der Waals surface area contributed by atoms with Crippen molar-refractivity contribution in [2.75, 3.05) is 6.54 Å². The molecule has 1 aliphatic heterocycles. The molecule has 0 saturated heterocycles. The molecule has 0 spiro atoms. The van der Waals surface area contributed by atoms with E-state index in [-0.39, 0.29) is 23.7 Å². The van der Waals surface area contributed by atoms with Crippen molar-refractivity contribution in [3.63, 3.8) is 0 Å². The number of carbonyl (C=O) groups is 1. The summed E-state index contributed by atoms with van der Waals surface area (Å²) in [5.74, 6) is 0.311. The number of halogens is 1. The van der Waals surface area contributed by atoms with Gasteiger partial charge in [-0.05, 0) is 19.1 Å². The van der Waals surface area contributed by atoms with Crippen LogP contribution in [0.5, 0.6) is 0 Å². The summed E-state index contributed by atoms with van der Waals surface area (Å²) in [6.07, 6.45) is 2.06. The maximum Gasteiger partial charge on any atom is 0.276 e. The van der Waals surface area contributed by atoms with Crippen molar-refractivity contribution in [3.05, 3.63) is 62.5 Å². The number of carbonyl (C=O) groups excluding carboxylic acids is 1. The molecule has 0 atom stereocenters. The number of rotatable bonds is 1. The zero-order chi connectivity index (χ0) is 16.8. The molecule has 8 heteroatoms. The lowest BCUT2D eigenvalue weighted by Gasteiger charge is -2.27. The predicted octanol–water partition coefficient (Wildman–Crippen LogP) is 1.84. The van der Waals surface area contributed by atoms with E-state index in [9.17, 15) is 9.59 Å². The normalized spacial score (nSPS) is 14.0.